The Balaban J connectivity index is 1.96. The molecule has 0 atom stereocenters. The van der Waals surface area contributed by atoms with Crippen molar-refractivity contribution < 1.29 is 21.8 Å². The van der Waals surface area contributed by atoms with E-state index < -0.39 is 25.0 Å². The zero-order valence-corrected chi connectivity index (χ0v) is 20.0. The Bertz CT molecular complexity index is 1470. The molecule has 0 saturated heterocycles. The first-order chi connectivity index (χ1) is 15.3. The van der Waals surface area contributed by atoms with E-state index in [1.807, 2.05) is 13.0 Å². The summed E-state index contributed by atoms with van der Waals surface area (Å²) in [4.78, 5) is 10.1. The van der Waals surface area contributed by atoms with Crippen molar-refractivity contribution in [1.29, 1.82) is 0 Å². The molecular formula is C22H23N3O6S2. The summed E-state index contributed by atoms with van der Waals surface area (Å²) in [5.41, 5.74) is 2.65. The molecule has 3 aromatic rings. The Hall–Kier alpha value is -3.44. The highest BCUT2D eigenvalue weighted by Gasteiger charge is 2.22. The zero-order valence-electron chi connectivity index (χ0n) is 18.4. The van der Waals surface area contributed by atoms with Crippen molar-refractivity contribution in [3.05, 3.63) is 87.0 Å². The van der Waals surface area contributed by atoms with Crippen LogP contribution < -0.4 is 9.44 Å². The number of rotatable bonds is 7. The lowest BCUT2D eigenvalue weighted by Crippen LogP contribution is -2.17. The molecule has 0 saturated carbocycles. The van der Waals surface area contributed by atoms with Gasteiger partial charge < -0.3 is 0 Å². The maximum absolute atomic E-state index is 12.9. The SMILES string of the molecule is Cc1ccc(NS(=O)(=O)c2ccc(C)c(NS(=O)(=O)c3ccc(C)c([N+](=O)[O-])c3)c2)c(C)c1. The predicted molar refractivity (Wildman–Crippen MR) is 127 cm³/mol. The lowest BCUT2D eigenvalue weighted by Gasteiger charge is -2.15. The number of nitrogens with zero attached hydrogens (tertiary/aromatic N) is 1. The van der Waals surface area contributed by atoms with E-state index in [1.54, 1.807) is 26.0 Å². The minimum absolute atomic E-state index is 0.0433. The molecule has 0 radical (unpaired) electrons. The quantitative estimate of drug-likeness (QED) is 0.372. The highest BCUT2D eigenvalue weighted by Crippen LogP contribution is 2.28. The van der Waals surface area contributed by atoms with Gasteiger partial charge in [-0.05, 0) is 63.1 Å². The highest BCUT2D eigenvalue weighted by atomic mass is 32.2. The Morgan fingerprint density at radius 2 is 1.21 bits per heavy atom. The maximum atomic E-state index is 12.9. The van der Waals surface area contributed by atoms with Gasteiger partial charge in [-0.1, -0.05) is 29.8 Å². The molecule has 3 aromatic carbocycles. The van der Waals surface area contributed by atoms with Gasteiger partial charge >= 0.3 is 0 Å². The van der Waals surface area contributed by atoms with E-state index in [0.29, 0.717) is 16.8 Å². The van der Waals surface area contributed by atoms with E-state index in [4.69, 9.17) is 0 Å². The molecule has 0 amide bonds. The van der Waals surface area contributed by atoms with Gasteiger partial charge in [0.2, 0.25) is 0 Å². The molecule has 0 bridgehead atoms. The molecule has 0 spiro atoms. The number of anilines is 2. The molecule has 0 fully saturated rings. The normalized spacial score (nSPS) is 11.8. The molecule has 0 aliphatic heterocycles. The van der Waals surface area contributed by atoms with Crippen molar-refractivity contribution >= 4 is 37.1 Å². The smallest absolute Gasteiger partial charge is 0.273 e. The Kier molecular flexibility index (Phi) is 6.48. The van der Waals surface area contributed by atoms with Gasteiger partial charge in [0.15, 0.2) is 0 Å². The minimum Gasteiger partial charge on any atom is -0.279 e. The second-order valence-corrected chi connectivity index (χ2v) is 11.1. The largest absolute Gasteiger partial charge is 0.279 e. The van der Waals surface area contributed by atoms with E-state index in [9.17, 15) is 26.9 Å². The average molecular weight is 490 g/mol. The molecule has 0 unspecified atom stereocenters. The first-order valence-electron chi connectivity index (χ1n) is 9.79. The molecule has 3 rings (SSSR count). The number of hydrogen-bond acceptors (Lipinski definition) is 6. The van der Waals surface area contributed by atoms with Gasteiger partial charge in [-0.25, -0.2) is 16.8 Å². The van der Waals surface area contributed by atoms with Crippen LogP contribution in [-0.4, -0.2) is 21.8 Å². The van der Waals surface area contributed by atoms with Crippen LogP contribution in [-0.2, 0) is 20.0 Å². The molecule has 0 aliphatic rings. The summed E-state index contributed by atoms with van der Waals surface area (Å²) in [5.74, 6) is 0. The summed E-state index contributed by atoms with van der Waals surface area (Å²) in [5, 5.41) is 11.2. The standard InChI is InChI=1S/C22H23N3O6S2/c1-14-5-10-20(17(4)11-14)23-32(28,29)18-8-6-15(2)21(12-18)24-33(30,31)19-9-7-16(3)22(13-19)25(26)27/h5-13,23-24H,1-4H3. The van der Waals surface area contributed by atoms with Gasteiger partial charge in [0, 0.05) is 11.6 Å². The maximum Gasteiger partial charge on any atom is 0.273 e. The number of aryl methyl sites for hydroxylation is 4. The third-order valence-corrected chi connectivity index (χ3v) is 7.80. The number of sulfonamides is 2. The Labute approximate surface area is 192 Å². The van der Waals surface area contributed by atoms with Crippen LogP contribution >= 0.6 is 0 Å². The first kappa shape index (κ1) is 24.2. The van der Waals surface area contributed by atoms with Crippen molar-refractivity contribution in [3.8, 4) is 0 Å². The van der Waals surface area contributed by atoms with E-state index in [1.165, 1.54) is 37.3 Å². The monoisotopic (exact) mass is 489 g/mol. The van der Waals surface area contributed by atoms with Gasteiger partial charge in [0.05, 0.1) is 26.1 Å². The van der Waals surface area contributed by atoms with Crippen molar-refractivity contribution in [2.45, 2.75) is 37.5 Å². The number of nitrogens with one attached hydrogen (secondary N) is 2. The van der Waals surface area contributed by atoms with Crippen LogP contribution in [0.3, 0.4) is 0 Å². The number of nitro groups is 1. The molecule has 0 aliphatic carbocycles. The predicted octanol–water partition coefficient (Wildman–Crippen LogP) is 4.43. The fraction of sp³-hybridized carbons (Fsp3) is 0.182. The molecule has 0 heterocycles. The van der Waals surface area contributed by atoms with Gasteiger partial charge in [-0.2, -0.15) is 0 Å². The summed E-state index contributed by atoms with van der Waals surface area (Å²) >= 11 is 0. The molecule has 9 nitrogen and oxygen atoms in total. The first-order valence-corrected chi connectivity index (χ1v) is 12.8. The van der Waals surface area contributed by atoms with Crippen LogP contribution in [0.15, 0.2) is 64.4 Å². The topological polar surface area (TPSA) is 135 Å². The molecule has 174 valence electrons. The summed E-state index contributed by atoms with van der Waals surface area (Å²) in [6.45, 7) is 6.79. The molecule has 33 heavy (non-hydrogen) atoms. The van der Waals surface area contributed by atoms with E-state index in [-0.39, 0.29) is 21.2 Å². The van der Waals surface area contributed by atoms with E-state index >= 15 is 0 Å². The molecular weight excluding hydrogens is 466 g/mol. The molecule has 0 aromatic heterocycles. The van der Waals surface area contributed by atoms with Crippen molar-refractivity contribution in [2.75, 3.05) is 9.44 Å². The minimum atomic E-state index is -4.21. The van der Waals surface area contributed by atoms with Gasteiger partial charge in [0.1, 0.15) is 0 Å². The number of benzene rings is 3. The Morgan fingerprint density at radius 3 is 1.79 bits per heavy atom. The summed E-state index contributed by atoms with van der Waals surface area (Å²) in [7, 11) is -8.22. The fourth-order valence-electron chi connectivity index (χ4n) is 3.17. The van der Waals surface area contributed by atoms with Crippen LogP contribution in [0.5, 0.6) is 0 Å². The second-order valence-electron chi connectivity index (χ2n) is 7.71. The molecule has 11 heteroatoms. The van der Waals surface area contributed by atoms with Crippen molar-refractivity contribution in [3.63, 3.8) is 0 Å². The third kappa shape index (κ3) is 5.32. The van der Waals surface area contributed by atoms with Crippen LogP contribution in [0.25, 0.3) is 0 Å². The van der Waals surface area contributed by atoms with Gasteiger partial charge in [-0.15, -0.1) is 0 Å². The Morgan fingerprint density at radius 1 is 0.667 bits per heavy atom. The highest BCUT2D eigenvalue weighted by molar-refractivity contribution is 7.93. The summed E-state index contributed by atoms with van der Waals surface area (Å²) in [6, 6.07) is 12.9. The third-order valence-electron chi connectivity index (χ3n) is 5.08. The van der Waals surface area contributed by atoms with Crippen LogP contribution in [0.2, 0.25) is 0 Å². The van der Waals surface area contributed by atoms with Gasteiger partial charge in [0.25, 0.3) is 25.7 Å². The van der Waals surface area contributed by atoms with Gasteiger partial charge in [-0.3, -0.25) is 19.6 Å². The summed E-state index contributed by atoms with van der Waals surface area (Å²) in [6.07, 6.45) is 0. The second kappa shape index (κ2) is 8.83. The van der Waals surface area contributed by atoms with Crippen LogP contribution in [0, 0.1) is 37.8 Å². The lowest BCUT2D eigenvalue weighted by molar-refractivity contribution is -0.385. The van der Waals surface area contributed by atoms with Crippen LogP contribution in [0.4, 0.5) is 17.1 Å². The van der Waals surface area contributed by atoms with Crippen molar-refractivity contribution in [2.24, 2.45) is 0 Å². The van der Waals surface area contributed by atoms with E-state index in [0.717, 1.165) is 17.2 Å². The number of nitro benzene ring substituents is 1. The molecule has 2 N–H and O–H groups in total. The zero-order chi connectivity index (χ0) is 24.6. The average Bonchev–Trinajstić information content (AvgIpc) is 2.71. The van der Waals surface area contributed by atoms with Crippen LogP contribution in [0.1, 0.15) is 22.3 Å². The number of hydrogen-bond donors (Lipinski definition) is 2. The summed E-state index contributed by atoms with van der Waals surface area (Å²) < 4.78 is 56.5. The fourth-order valence-corrected chi connectivity index (χ4v) is 5.46. The van der Waals surface area contributed by atoms with E-state index in [2.05, 4.69) is 9.44 Å². The van der Waals surface area contributed by atoms with Crippen molar-refractivity contribution in [1.82, 2.24) is 0 Å². The lowest BCUT2D eigenvalue weighted by atomic mass is 10.1.